The summed E-state index contributed by atoms with van der Waals surface area (Å²) in [6, 6.07) is 4.04. The smallest absolute Gasteiger partial charge is 0.271 e. The second-order valence-electron chi connectivity index (χ2n) is 5.67. The van der Waals surface area contributed by atoms with Crippen molar-refractivity contribution in [3.05, 3.63) is 34.1 Å². The lowest BCUT2D eigenvalue weighted by Crippen LogP contribution is -2.23. The molecule has 1 aromatic heterocycles. The fraction of sp³-hybridized carbons (Fsp3) is 0.400. The Labute approximate surface area is 147 Å². The highest BCUT2D eigenvalue weighted by Crippen LogP contribution is 2.38. The van der Waals surface area contributed by atoms with Crippen molar-refractivity contribution in [3.63, 3.8) is 0 Å². The van der Waals surface area contributed by atoms with Gasteiger partial charge < -0.3 is 10.1 Å². The summed E-state index contributed by atoms with van der Waals surface area (Å²) < 4.78 is 5.14. The average molecular weight is 363 g/mol. The maximum absolute atomic E-state index is 12.4. The van der Waals surface area contributed by atoms with Gasteiger partial charge in [0, 0.05) is 18.1 Å². The lowest BCUT2D eigenvalue weighted by atomic mass is 10.2. The minimum absolute atomic E-state index is 0.126. The number of aromatic amines is 1. The van der Waals surface area contributed by atoms with E-state index in [4.69, 9.17) is 4.74 Å². The van der Waals surface area contributed by atoms with E-state index in [-0.39, 0.29) is 17.3 Å². The van der Waals surface area contributed by atoms with Crippen LogP contribution in [0.4, 0.5) is 11.4 Å². The number of non-ortho nitro benzene ring substituents is 1. The summed E-state index contributed by atoms with van der Waals surface area (Å²) in [5.41, 5.74) is 0.127. The van der Waals surface area contributed by atoms with Crippen LogP contribution in [-0.4, -0.2) is 38.4 Å². The van der Waals surface area contributed by atoms with Crippen molar-refractivity contribution in [1.82, 2.24) is 15.2 Å². The van der Waals surface area contributed by atoms with Crippen molar-refractivity contribution in [3.8, 4) is 5.75 Å². The fourth-order valence-corrected chi connectivity index (χ4v) is 2.93. The van der Waals surface area contributed by atoms with Gasteiger partial charge in [-0.2, -0.15) is 0 Å². The topological polar surface area (TPSA) is 123 Å². The minimum atomic E-state index is -0.527. The average Bonchev–Trinajstić information content (AvgIpc) is 3.34. The Hall–Kier alpha value is -2.62. The number of H-pyrrole nitrogens is 1. The van der Waals surface area contributed by atoms with Gasteiger partial charge in [0.1, 0.15) is 11.6 Å². The molecule has 1 atom stereocenters. The Kier molecular flexibility index (Phi) is 4.88. The van der Waals surface area contributed by atoms with Crippen LogP contribution in [-0.2, 0) is 4.79 Å². The molecule has 1 heterocycles. The molecule has 1 amide bonds. The predicted molar refractivity (Wildman–Crippen MR) is 92.0 cm³/mol. The van der Waals surface area contributed by atoms with E-state index in [2.05, 4.69) is 20.5 Å². The highest BCUT2D eigenvalue weighted by atomic mass is 32.2. The van der Waals surface area contributed by atoms with E-state index >= 15 is 0 Å². The predicted octanol–water partition coefficient (Wildman–Crippen LogP) is 2.72. The Bertz CT molecular complexity index is 805. The van der Waals surface area contributed by atoms with E-state index in [0.717, 1.165) is 18.7 Å². The van der Waals surface area contributed by atoms with Gasteiger partial charge in [-0.15, -0.1) is 5.10 Å². The number of carbonyl (C=O) groups excluding carboxylic acids is 1. The van der Waals surface area contributed by atoms with Crippen LogP contribution in [0.2, 0.25) is 0 Å². The van der Waals surface area contributed by atoms with E-state index < -0.39 is 10.2 Å². The van der Waals surface area contributed by atoms with E-state index in [1.807, 2.05) is 0 Å². The van der Waals surface area contributed by atoms with Gasteiger partial charge in [-0.3, -0.25) is 20.0 Å². The number of aromatic nitrogens is 3. The summed E-state index contributed by atoms with van der Waals surface area (Å²) in [5.74, 6) is 1.35. The van der Waals surface area contributed by atoms with Crippen LogP contribution in [0, 0.1) is 10.1 Å². The summed E-state index contributed by atoms with van der Waals surface area (Å²) in [5, 5.41) is 20.6. The molecule has 3 rings (SSSR count). The standard InChI is InChI=1S/C15H17N5O4S/c1-8(25-15-17-13(18-19-15)9-3-4-9)14(21)16-11-7-10(20(22)23)5-6-12(11)24-2/h5-9H,3-4H2,1-2H3,(H,16,21)(H,17,18,19). The molecule has 9 nitrogen and oxygen atoms in total. The van der Waals surface area contributed by atoms with Crippen molar-refractivity contribution in [2.45, 2.75) is 36.1 Å². The Morgan fingerprint density at radius 3 is 2.92 bits per heavy atom. The first-order valence-electron chi connectivity index (χ1n) is 7.70. The number of thioether (sulfide) groups is 1. The van der Waals surface area contributed by atoms with Gasteiger partial charge in [0.05, 0.1) is 23.0 Å². The highest BCUT2D eigenvalue weighted by molar-refractivity contribution is 8.00. The zero-order valence-corrected chi connectivity index (χ0v) is 14.5. The summed E-state index contributed by atoms with van der Waals surface area (Å²) in [6.07, 6.45) is 2.23. The second kappa shape index (κ2) is 7.09. The molecule has 10 heteroatoms. The third-order valence-corrected chi connectivity index (χ3v) is 4.71. The number of hydrogen-bond donors (Lipinski definition) is 2. The van der Waals surface area contributed by atoms with Gasteiger partial charge in [0.25, 0.3) is 5.69 Å². The number of hydrogen-bond acceptors (Lipinski definition) is 7. The number of carbonyl (C=O) groups is 1. The molecule has 1 fully saturated rings. The highest BCUT2D eigenvalue weighted by Gasteiger charge is 2.28. The molecular weight excluding hydrogens is 346 g/mol. The molecule has 0 spiro atoms. The summed E-state index contributed by atoms with van der Waals surface area (Å²) >= 11 is 1.22. The normalized spacial score (nSPS) is 14.8. The molecule has 1 aliphatic rings. The van der Waals surface area contributed by atoms with E-state index in [1.165, 1.54) is 37.1 Å². The fourth-order valence-electron chi connectivity index (χ4n) is 2.20. The van der Waals surface area contributed by atoms with Gasteiger partial charge in [0.15, 0.2) is 0 Å². The molecular formula is C15H17N5O4S. The maximum atomic E-state index is 12.4. The molecule has 1 aliphatic carbocycles. The quantitative estimate of drug-likeness (QED) is 0.440. The Balaban J connectivity index is 1.67. The van der Waals surface area contributed by atoms with E-state index in [0.29, 0.717) is 16.8 Å². The lowest BCUT2D eigenvalue weighted by Gasteiger charge is -2.13. The molecule has 1 unspecified atom stereocenters. The summed E-state index contributed by atoms with van der Waals surface area (Å²) in [4.78, 5) is 27.1. The van der Waals surface area contributed by atoms with Crippen LogP contribution in [0.5, 0.6) is 5.75 Å². The van der Waals surface area contributed by atoms with Gasteiger partial charge in [-0.05, 0) is 25.8 Å². The SMILES string of the molecule is COc1ccc([N+](=O)[O-])cc1NC(=O)C(C)Sc1n[nH]c(C2CC2)n1. The van der Waals surface area contributed by atoms with Crippen molar-refractivity contribution < 1.29 is 14.5 Å². The van der Waals surface area contributed by atoms with E-state index in [9.17, 15) is 14.9 Å². The second-order valence-corrected chi connectivity index (χ2v) is 6.98. The Morgan fingerprint density at radius 1 is 1.52 bits per heavy atom. The number of ether oxygens (including phenoxy) is 1. The first kappa shape index (κ1) is 17.2. The molecule has 1 saturated carbocycles. The van der Waals surface area contributed by atoms with Crippen LogP contribution in [0.15, 0.2) is 23.4 Å². The third-order valence-electron chi connectivity index (χ3n) is 3.75. The molecule has 0 bridgehead atoms. The number of amides is 1. The number of rotatable bonds is 7. The minimum Gasteiger partial charge on any atom is -0.495 e. The molecule has 0 aliphatic heterocycles. The van der Waals surface area contributed by atoms with Gasteiger partial charge in [0.2, 0.25) is 11.1 Å². The van der Waals surface area contributed by atoms with Crippen molar-refractivity contribution >= 4 is 29.0 Å². The zero-order chi connectivity index (χ0) is 18.0. The van der Waals surface area contributed by atoms with Gasteiger partial charge >= 0.3 is 0 Å². The van der Waals surface area contributed by atoms with Crippen LogP contribution < -0.4 is 10.1 Å². The molecule has 132 valence electrons. The number of anilines is 1. The van der Waals surface area contributed by atoms with Crippen molar-refractivity contribution in [2.24, 2.45) is 0 Å². The van der Waals surface area contributed by atoms with Crippen LogP contribution in [0.3, 0.4) is 0 Å². The van der Waals surface area contributed by atoms with Gasteiger partial charge in [-0.1, -0.05) is 11.8 Å². The summed E-state index contributed by atoms with van der Waals surface area (Å²) in [6.45, 7) is 1.72. The van der Waals surface area contributed by atoms with Crippen molar-refractivity contribution in [1.29, 1.82) is 0 Å². The van der Waals surface area contributed by atoms with Crippen LogP contribution >= 0.6 is 11.8 Å². The number of nitro groups is 1. The van der Waals surface area contributed by atoms with Crippen molar-refractivity contribution in [2.75, 3.05) is 12.4 Å². The lowest BCUT2D eigenvalue weighted by molar-refractivity contribution is -0.384. The molecule has 25 heavy (non-hydrogen) atoms. The molecule has 0 saturated heterocycles. The third kappa shape index (κ3) is 4.08. The largest absolute Gasteiger partial charge is 0.495 e. The van der Waals surface area contributed by atoms with Crippen LogP contribution in [0.1, 0.15) is 31.5 Å². The molecule has 1 aromatic carbocycles. The monoisotopic (exact) mass is 363 g/mol. The maximum Gasteiger partial charge on any atom is 0.271 e. The number of nitrogens with one attached hydrogen (secondary N) is 2. The zero-order valence-electron chi connectivity index (χ0n) is 13.7. The number of methoxy groups -OCH3 is 1. The van der Waals surface area contributed by atoms with Gasteiger partial charge in [-0.25, -0.2) is 4.98 Å². The Morgan fingerprint density at radius 2 is 2.28 bits per heavy atom. The number of benzene rings is 1. The molecule has 2 N–H and O–H groups in total. The molecule has 0 radical (unpaired) electrons. The van der Waals surface area contributed by atoms with Crippen LogP contribution in [0.25, 0.3) is 0 Å². The first-order chi connectivity index (χ1) is 12.0. The number of nitrogens with zero attached hydrogens (tertiary/aromatic N) is 3. The number of nitro benzene ring substituents is 1. The molecule has 2 aromatic rings. The first-order valence-corrected chi connectivity index (χ1v) is 8.58. The summed E-state index contributed by atoms with van der Waals surface area (Å²) in [7, 11) is 1.43. The van der Waals surface area contributed by atoms with E-state index in [1.54, 1.807) is 6.92 Å².